The minimum atomic E-state index is 0.0284. The third-order valence-corrected chi connectivity index (χ3v) is 5.25. The number of nitrogens with one attached hydrogen (secondary N) is 2. The molecule has 1 aliphatic rings. The van der Waals surface area contributed by atoms with Crippen LogP contribution in [-0.4, -0.2) is 42.1 Å². The fourth-order valence-corrected chi connectivity index (χ4v) is 3.89. The molecule has 1 aliphatic carbocycles. The van der Waals surface area contributed by atoms with Crippen LogP contribution in [0.5, 0.6) is 0 Å². The third kappa shape index (κ3) is 5.00. The fraction of sp³-hybridized carbons (Fsp3) is 0.500. The Kier molecular flexibility index (Phi) is 6.17. The Labute approximate surface area is 167 Å². The Morgan fingerprint density at radius 3 is 2.21 bits per heavy atom. The summed E-state index contributed by atoms with van der Waals surface area (Å²) in [6.07, 6.45) is 5.76. The van der Waals surface area contributed by atoms with Gasteiger partial charge < -0.3 is 15.5 Å². The highest BCUT2D eigenvalue weighted by atomic mass is 16.1. The van der Waals surface area contributed by atoms with Gasteiger partial charge in [0.25, 0.3) is 5.91 Å². The zero-order valence-electron chi connectivity index (χ0n) is 17.5. The summed E-state index contributed by atoms with van der Waals surface area (Å²) in [6, 6.07) is 6.55. The van der Waals surface area contributed by atoms with Crippen molar-refractivity contribution in [3.05, 3.63) is 46.6 Å². The van der Waals surface area contributed by atoms with Gasteiger partial charge in [0.05, 0.1) is 0 Å². The van der Waals surface area contributed by atoms with Crippen molar-refractivity contribution < 1.29 is 4.79 Å². The maximum absolute atomic E-state index is 12.6. The number of aromatic nitrogens is 2. The number of carbonyl (C=O) groups is 1. The molecule has 0 aliphatic heterocycles. The van der Waals surface area contributed by atoms with E-state index in [-0.39, 0.29) is 11.9 Å². The average Bonchev–Trinajstić information content (AvgIpc) is 2.64. The Balaban J connectivity index is 1.53. The average molecular weight is 382 g/mol. The van der Waals surface area contributed by atoms with E-state index in [1.54, 1.807) is 0 Å². The molecule has 0 unspecified atom stereocenters. The molecule has 6 nitrogen and oxygen atoms in total. The van der Waals surface area contributed by atoms with E-state index in [1.807, 2.05) is 58.1 Å². The standard InChI is InChI=1S/C22H31N5O/c1-14-10-15(2)12-17(11-14)21(28)24-18-6-8-19(9-7-18)25-22-23-13-16(3)20(26-22)27(4)5/h10-13,18-19H,6-9H2,1-5H3,(H,24,28)(H,23,25,26). The lowest BCUT2D eigenvalue weighted by molar-refractivity contribution is 0.0926. The van der Waals surface area contributed by atoms with E-state index >= 15 is 0 Å². The Bertz CT molecular complexity index is 821. The van der Waals surface area contributed by atoms with E-state index < -0.39 is 0 Å². The molecule has 0 spiro atoms. The molecular weight excluding hydrogens is 350 g/mol. The van der Waals surface area contributed by atoms with Gasteiger partial charge in [0.1, 0.15) is 5.82 Å². The van der Waals surface area contributed by atoms with Gasteiger partial charge in [-0.05, 0) is 58.6 Å². The predicted molar refractivity (Wildman–Crippen MR) is 114 cm³/mol. The van der Waals surface area contributed by atoms with Gasteiger partial charge in [0.2, 0.25) is 5.95 Å². The van der Waals surface area contributed by atoms with Crippen LogP contribution in [0.25, 0.3) is 0 Å². The smallest absolute Gasteiger partial charge is 0.251 e. The van der Waals surface area contributed by atoms with Crippen LogP contribution in [0.2, 0.25) is 0 Å². The second-order valence-electron chi connectivity index (χ2n) is 8.14. The van der Waals surface area contributed by atoms with Crippen LogP contribution in [0.4, 0.5) is 11.8 Å². The topological polar surface area (TPSA) is 70.2 Å². The normalized spacial score (nSPS) is 19.2. The van der Waals surface area contributed by atoms with Gasteiger partial charge in [-0.3, -0.25) is 4.79 Å². The van der Waals surface area contributed by atoms with E-state index in [1.165, 1.54) is 0 Å². The lowest BCUT2D eigenvalue weighted by Crippen LogP contribution is -2.40. The van der Waals surface area contributed by atoms with Crippen molar-refractivity contribution in [2.45, 2.75) is 58.5 Å². The van der Waals surface area contributed by atoms with Crippen molar-refractivity contribution in [3.63, 3.8) is 0 Å². The lowest BCUT2D eigenvalue weighted by atomic mass is 9.91. The van der Waals surface area contributed by atoms with E-state index in [0.29, 0.717) is 12.0 Å². The first-order valence-corrected chi connectivity index (χ1v) is 9.98. The highest BCUT2D eigenvalue weighted by Crippen LogP contribution is 2.23. The van der Waals surface area contributed by atoms with E-state index in [4.69, 9.17) is 0 Å². The minimum Gasteiger partial charge on any atom is -0.362 e. The van der Waals surface area contributed by atoms with Crippen LogP contribution in [0, 0.1) is 20.8 Å². The molecule has 2 N–H and O–H groups in total. The molecule has 1 amide bonds. The van der Waals surface area contributed by atoms with Crippen molar-refractivity contribution in [1.29, 1.82) is 0 Å². The number of hydrogen-bond acceptors (Lipinski definition) is 5. The zero-order valence-corrected chi connectivity index (χ0v) is 17.5. The molecule has 150 valence electrons. The summed E-state index contributed by atoms with van der Waals surface area (Å²) in [4.78, 5) is 23.6. The molecule has 1 heterocycles. The molecule has 3 rings (SSSR count). The summed E-state index contributed by atoms with van der Waals surface area (Å²) in [6.45, 7) is 6.06. The molecule has 1 aromatic carbocycles. The highest BCUT2D eigenvalue weighted by Gasteiger charge is 2.23. The van der Waals surface area contributed by atoms with Crippen LogP contribution in [0.15, 0.2) is 24.4 Å². The first-order valence-electron chi connectivity index (χ1n) is 9.98. The Morgan fingerprint density at radius 2 is 1.61 bits per heavy atom. The Morgan fingerprint density at radius 1 is 1.00 bits per heavy atom. The number of benzene rings is 1. The summed E-state index contributed by atoms with van der Waals surface area (Å²) in [5.74, 6) is 1.64. The number of anilines is 2. The Hall–Kier alpha value is -2.63. The number of hydrogen-bond donors (Lipinski definition) is 2. The van der Waals surface area contributed by atoms with Crippen LogP contribution >= 0.6 is 0 Å². The minimum absolute atomic E-state index is 0.0284. The van der Waals surface area contributed by atoms with Crippen LogP contribution in [0.1, 0.15) is 52.7 Å². The molecule has 1 aromatic heterocycles. The number of aryl methyl sites for hydroxylation is 3. The maximum atomic E-state index is 12.6. The number of amides is 1. The summed E-state index contributed by atoms with van der Waals surface area (Å²) >= 11 is 0. The number of carbonyl (C=O) groups excluding carboxylic acids is 1. The van der Waals surface area contributed by atoms with Gasteiger partial charge in [-0.1, -0.05) is 17.2 Å². The van der Waals surface area contributed by atoms with Crippen molar-refractivity contribution >= 4 is 17.7 Å². The first-order chi connectivity index (χ1) is 13.3. The molecule has 2 aromatic rings. The maximum Gasteiger partial charge on any atom is 0.251 e. The highest BCUT2D eigenvalue weighted by molar-refractivity contribution is 5.94. The fourth-order valence-electron chi connectivity index (χ4n) is 3.89. The summed E-state index contributed by atoms with van der Waals surface area (Å²) in [5, 5.41) is 6.66. The lowest BCUT2D eigenvalue weighted by Gasteiger charge is -2.30. The number of nitrogens with zero attached hydrogens (tertiary/aromatic N) is 3. The zero-order chi connectivity index (χ0) is 20.3. The molecule has 0 radical (unpaired) electrons. The van der Waals surface area contributed by atoms with Gasteiger partial charge in [0, 0.05) is 43.5 Å². The summed E-state index contributed by atoms with van der Waals surface area (Å²) < 4.78 is 0. The third-order valence-electron chi connectivity index (χ3n) is 5.25. The molecule has 1 fully saturated rings. The van der Waals surface area contributed by atoms with Crippen molar-refractivity contribution in [3.8, 4) is 0 Å². The van der Waals surface area contributed by atoms with Gasteiger partial charge in [0.15, 0.2) is 0 Å². The van der Waals surface area contributed by atoms with Crippen molar-refractivity contribution in [2.24, 2.45) is 0 Å². The quantitative estimate of drug-likeness (QED) is 0.828. The first kappa shape index (κ1) is 20.1. The molecule has 0 bridgehead atoms. The molecule has 6 heteroatoms. The van der Waals surface area contributed by atoms with Crippen molar-refractivity contribution in [2.75, 3.05) is 24.3 Å². The molecule has 28 heavy (non-hydrogen) atoms. The predicted octanol–water partition coefficient (Wildman–Crippen LogP) is 3.62. The van der Waals surface area contributed by atoms with E-state index in [9.17, 15) is 4.79 Å². The second-order valence-corrected chi connectivity index (χ2v) is 8.14. The van der Waals surface area contributed by atoms with E-state index in [0.717, 1.165) is 53.8 Å². The number of rotatable bonds is 5. The van der Waals surface area contributed by atoms with E-state index in [2.05, 4.69) is 26.7 Å². The van der Waals surface area contributed by atoms with Gasteiger partial charge in [-0.15, -0.1) is 0 Å². The van der Waals surface area contributed by atoms with Crippen LogP contribution in [-0.2, 0) is 0 Å². The van der Waals surface area contributed by atoms with Gasteiger partial charge >= 0.3 is 0 Å². The monoisotopic (exact) mass is 381 g/mol. The second kappa shape index (κ2) is 8.59. The molecule has 1 saturated carbocycles. The largest absolute Gasteiger partial charge is 0.362 e. The van der Waals surface area contributed by atoms with Crippen molar-refractivity contribution in [1.82, 2.24) is 15.3 Å². The molecule has 0 saturated heterocycles. The van der Waals surface area contributed by atoms with Gasteiger partial charge in [-0.25, -0.2) is 4.98 Å². The van der Waals surface area contributed by atoms with Gasteiger partial charge in [-0.2, -0.15) is 4.98 Å². The summed E-state index contributed by atoms with van der Waals surface area (Å²) in [5.41, 5.74) is 4.05. The van der Waals surface area contributed by atoms with Crippen LogP contribution in [0.3, 0.4) is 0 Å². The summed E-state index contributed by atoms with van der Waals surface area (Å²) in [7, 11) is 3.98. The SMILES string of the molecule is Cc1cc(C)cc(C(=O)NC2CCC(Nc3ncc(C)c(N(C)C)n3)CC2)c1. The van der Waals surface area contributed by atoms with Crippen LogP contribution < -0.4 is 15.5 Å². The molecule has 0 atom stereocenters. The molecular formula is C22H31N5O.